The maximum atomic E-state index is 4.29. The molecule has 2 aromatic rings. The Morgan fingerprint density at radius 3 is 3.14 bits per heavy atom. The van der Waals surface area contributed by atoms with Gasteiger partial charge in [0.05, 0.1) is 12.2 Å². The average molecular weight is 207 g/mol. The van der Waals surface area contributed by atoms with Gasteiger partial charge in [-0.25, -0.2) is 0 Å². The van der Waals surface area contributed by atoms with Crippen LogP contribution in [0.5, 0.6) is 0 Å². The summed E-state index contributed by atoms with van der Waals surface area (Å²) < 4.78 is 2.03. The summed E-state index contributed by atoms with van der Waals surface area (Å²) in [7, 11) is 1.95. The minimum atomic E-state index is 0.865. The molecule has 2 heterocycles. The molecule has 3 nitrogen and oxygen atoms in total. The molecule has 0 radical (unpaired) electrons. The molecule has 0 spiro atoms. The quantitative estimate of drug-likeness (QED) is 0.827. The van der Waals surface area contributed by atoms with Crippen molar-refractivity contribution >= 4 is 11.3 Å². The molecular formula is C10H13N3S. The highest BCUT2D eigenvalue weighted by atomic mass is 32.1. The van der Waals surface area contributed by atoms with Crippen molar-refractivity contribution in [1.82, 2.24) is 15.1 Å². The minimum Gasteiger partial charge on any atom is -0.314 e. The van der Waals surface area contributed by atoms with Crippen molar-refractivity contribution < 1.29 is 0 Å². The summed E-state index contributed by atoms with van der Waals surface area (Å²) in [6.07, 6.45) is 1.85. The van der Waals surface area contributed by atoms with E-state index in [2.05, 4.69) is 27.2 Å². The van der Waals surface area contributed by atoms with Gasteiger partial charge in [-0.05, 0) is 35.5 Å². The van der Waals surface area contributed by atoms with Crippen LogP contribution in [0.3, 0.4) is 0 Å². The van der Waals surface area contributed by atoms with Crippen molar-refractivity contribution in [3.63, 3.8) is 0 Å². The molecule has 0 aliphatic carbocycles. The number of thiophene rings is 1. The Kier molecular flexibility index (Phi) is 2.96. The second-order valence-electron chi connectivity index (χ2n) is 3.14. The smallest absolute Gasteiger partial charge is 0.0671 e. The fourth-order valence-electron chi connectivity index (χ4n) is 1.39. The van der Waals surface area contributed by atoms with Crippen molar-refractivity contribution in [1.29, 1.82) is 0 Å². The summed E-state index contributed by atoms with van der Waals surface area (Å²) in [4.78, 5) is 0. The molecule has 0 saturated carbocycles. The molecule has 0 unspecified atom stereocenters. The number of hydrogen-bond acceptors (Lipinski definition) is 3. The lowest BCUT2D eigenvalue weighted by Gasteiger charge is -2.05. The molecule has 2 rings (SSSR count). The second-order valence-corrected chi connectivity index (χ2v) is 3.92. The third kappa shape index (κ3) is 2.02. The van der Waals surface area contributed by atoms with Crippen LogP contribution in [0.25, 0.3) is 0 Å². The number of nitrogens with one attached hydrogen (secondary N) is 1. The Labute approximate surface area is 87.4 Å². The molecule has 14 heavy (non-hydrogen) atoms. The zero-order valence-electron chi connectivity index (χ0n) is 8.10. The summed E-state index contributed by atoms with van der Waals surface area (Å²) in [5.74, 6) is 0. The van der Waals surface area contributed by atoms with Gasteiger partial charge < -0.3 is 5.32 Å². The second kappa shape index (κ2) is 4.39. The van der Waals surface area contributed by atoms with E-state index in [0.29, 0.717) is 0 Å². The number of nitrogens with zero attached hydrogens (tertiary/aromatic N) is 2. The van der Waals surface area contributed by atoms with Crippen LogP contribution in [-0.4, -0.2) is 16.8 Å². The van der Waals surface area contributed by atoms with E-state index >= 15 is 0 Å². The van der Waals surface area contributed by atoms with Crippen LogP contribution in [0.4, 0.5) is 0 Å². The Balaban J connectivity index is 2.12. The average Bonchev–Trinajstić information content (AvgIpc) is 2.80. The summed E-state index contributed by atoms with van der Waals surface area (Å²) in [6, 6.07) is 4.18. The van der Waals surface area contributed by atoms with Crippen molar-refractivity contribution in [2.75, 3.05) is 7.05 Å². The first-order chi connectivity index (χ1) is 6.90. The van der Waals surface area contributed by atoms with Gasteiger partial charge in [-0.15, -0.1) is 0 Å². The molecule has 0 atom stereocenters. The normalized spacial score (nSPS) is 10.6. The third-order valence-electron chi connectivity index (χ3n) is 2.07. The van der Waals surface area contributed by atoms with Crippen molar-refractivity contribution in [3.8, 4) is 0 Å². The van der Waals surface area contributed by atoms with E-state index in [4.69, 9.17) is 0 Å². The topological polar surface area (TPSA) is 29.9 Å². The Morgan fingerprint density at radius 1 is 1.50 bits per heavy atom. The van der Waals surface area contributed by atoms with Crippen LogP contribution in [-0.2, 0) is 13.1 Å². The lowest BCUT2D eigenvalue weighted by Crippen LogP contribution is -2.12. The first-order valence-electron chi connectivity index (χ1n) is 4.56. The van der Waals surface area contributed by atoms with E-state index in [1.807, 2.05) is 24.0 Å². The van der Waals surface area contributed by atoms with E-state index in [1.54, 1.807) is 11.3 Å². The summed E-state index contributed by atoms with van der Waals surface area (Å²) in [6.45, 7) is 1.73. The molecule has 1 N–H and O–H groups in total. The van der Waals surface area contributed by atoms with Crippen LogP contribution in [0.2, 0.25) is 0 Å². The summed E-state index contributed by atoms with van der Waals surface area (Å²) >= 11 is 1.72. The number of rotatable bonds is 4. The maximum absolute atomic E-state index is 4.29. The van der Waals surface area contributed by atoms with Gasteiger partial charge in [-0.2, -0.15) is 16.4 Å². The largest absolute Gasteiger partial charge is 0.314 e. The highest BCUT2D eigenvalue weighted by Gasteiger charge is 2.01. The van der Waals surface area contributed by atoms with Gasteiger partial charge in [0.2, 0.25) is 0 Å². The maximum Gasteiger partial charge on any atom is 0.0671 e. The predicted molar refractivity (Wildman–Crippen MR) is 58.4 cm³/mol. The van der Waals surface area contributed by atoms with Crippen molar-refractivity contribution in [2.24, 2.45) is 0 Å². The van der Waals surface area contributed by atoms with Crippen LogP contribution in [0, 0.1) is 0 Å². The van der Waals surface area contributed by atoms with E-state index in [-0.39, 0.29) is 0 Å². The fraction of sp³-hybridized carbons (Fsp3) is 0.300. The van der Waals surface area contributed by atoms with Crippen molar-refractivity contribution in [3.05, 3.63) is 40.3 Å². The molecule has 0 bridgehead atoms. The molecule has 2 aromatic heterocycles. The van der Waals surface area contributed by atoms with E-state index in [0.717, 1.165) is 13.1 Å². The predicted octanol–water partition coefficient (Wildman–Crippen LogP) is 1.71. The lowest BCUT2D eigenvalue weighted by molar-refractivity contribution is 0.623. The van der Waals surface area contributed by atoms with Crippen molar-refractivity contribution in [2.45, 2.75) is 13.1 Å². The minimum absolute atomic E-state index is 0.865. The van der Waals surface area contributed by atoms with E-state index in [1.165, 1.54) is 11.3 Å². The summed E-state index contributed by atoms with van der Waals surface area (Å²) in [5.41, 5.74) is 2.54. The van der Waals surface area contributed by atoms with Gasteiger partial charge in [-0.3, -0.25) is 4.68 Å². The van der Waals surface area contributed by atoms with Crippen LogP contribution in [0.1, 0.15) is 11.3 Å². The monoisotopic (exact) mass is 207 g/mol. The standard InChI is InChI=1S/C10H13N3S/c1-11-6-10-2-4-12-13(10)7-9-3-5-14-8-9/h2-5,8,11H,6-7H2,1H3. The lowest BCUT2D eigenvalue weighted by atomic mass is 10.3. The first kappa shape index (κ1) is 9.43. The third-order valence-corrected chi connectivity index (χ3v) is 2.81. The van der Waals surface area contributed by atoms with Gasteiger partial charge in [0.25, 0.3) is 0 Å². The van der Waals surface area contributed by atoms with Gasteiger partial charge in [0, 0.05) is 12.7 Å². The zero-order valence-corrected chi connectivity index (χ0v) is 8.92. The van der Waals surface area contributed by atoms with E-state index < -0.39 is 0 Å². The molecule has 0 aliphatic rings. The highest BCUT2D eigenvalue weighted by Crippen LogP contribution is 2.09. The van der Waals surface area contributed by atoms with Gasteiger partial charge in [0.15, 0.2) is 0 Å². The van der Waals surface area contributed by atoms with Gasteiger partial charge in [0.1, 0.15) is 0 Å². The van der Waals surface area contributed by atoms with Gasteiger partial charge in [-0.1, -0.05) is 0 Å². The molecule has 0 fully saturated rings. The van der Waals surface area contributed by atoms with Crippen LogP contribution >= 0.6 is 11.3 Å². The van der Waals surface area contributed by atoms with Crippen LogP contribution < -0.4 is 5.32 Å². The van der Waals surface area contributed by atoms with Crippen LogP contribution in [0.15, 0.2) is 29.1 Å². The molecule has 0 aliphatic heterocycles. The Hall–Kier alpha value is -1.13. The van der Waals surface area contributed by atoms with Gasteiger partial charge >= 0.3 is 0 Å². The zero-order chi connectivity index (χ0) is 9.80. The Morgan fingerprint density at radius 2 is 2.43 bits per heavy atom. The van der Waals surface area contributed by atoms with E-state index in [9.17, 15) is 0 Å². The number of aromatic nitrogens is 2. The highest BCUT2D eigenvalue weighted by molar-refractivity contribution is 7.07. The molecule has 4 heteroatoms. The fourth-order valence-corrected chi connectivity index (χ4v) is 2.05. The Bertz CT molecular complexity index is 378. The number of hydrogen-bond donors (Lipinski definition) is 1. The molecule has 74 valence electrons. The summed E-state index contributed by atoms with van der Waals surface area (Å²) in [5, 5.41) is 11.7. The SMILES string of the molecule is CNCc1ccnn1Cc1ccsc1. The molecule has 0 saturated heterocycles. The molecular weight excluding hydrogens is 194 g/mol. The molecule has 0 aromatic carbocycles. The first-order valence-corrected chi connectivity index (χ1v) is 5.51. The molecule has 0 amide bonds.